The summed E-state index contributed by atoms with van der Waals surface area (Å²) in [6.07, 6.45) is 0. The van der Waals surface area contributed by atoms with Crippen LogP contribution in [0.15, 0.2) is 59.0 Å². The molecular weight excluding hydrogens is 458 g/mol. The number of aryl methyl sites for hydroxylation is 2. The van der Waals surface area contributed by atoms with E-state index in [2.05, 4.69) is 5.32 Å². The molecule has 2 aromatic carbocycles. The number of para-hydroxylation sites is 1. The van der Waals surface area contributed by atoms with Crippen molar-refractivity contribution in [3.63, 3.8) is 0 Å². The number of amides is 3. The van der Waals surface area contributed by atoms with Crippen molar-refractivity contribution in [2.75, 3.05) is 25.2 Å². The first-order valence-electron chi connectivity index (χ1n) is 12.1. The zero-order valence-electron chi connectivity index (χ0n) is 21.2. The SMILES string of the molecule is Cc1ccc(CN(Cc2ccc3c(c2)OCO3)C(=O)CN(CC(C)C)C(=O)Nc2ccccc2C)o1. The van der Waals surface area contributed by atoms with Gasteiger partial charge in [0, 0.05) is 18.8 Å². The van der Waals surface area contributed by atoms with Gasteiger partial charge in [0.1, 0.15) is 18.1 Å². The molecule has 0 unspecified atom stereocenters. The molecule has 0 bridgehead atoms. The smallest absolute Gasteiger partial charge is 0.322 e. The minimum absolute atomic E-state index is 0.0554. The Morgan fingerprint density at radius 1 is 0.944 bits per heavy atom. The van der Waals surface area contributed by atoms with E-state index in [1.165, 1.54) is 0 Å². The summed E-state index contributed by atoms with van der Waals surface area (Å²) in [5.74, 6) is 2.82. The molecule has 8 heteroatoms. The van der Waals surface area contributed by atoms with Gasteiger partial charge in [-0.2, -0.15) is 0 Å². The molecule has 0 fully saturated rings. The van der Waals surface area contributed by atoms with Gasteiger partial charge in [-0.25, -0.2) is 4.79 Å². The molecule has 3 amide bonds. The number of ether oxygens (including phenoxy) is 2. The van der Waals surface area contributed by atoms with Crippen LogP contribution in [0.25, 0.3) is 0 Å². The highest BCUT2D eigenvalue weighted by Gasteiger charge is 2.24. The number of nitrogens with zero attached hydrogens (tertiary/aromatic N) is 2. The zero-order chi connectivity index (χ0) is 25.7. The summed E-state index contributed by atoms with van der Waals surface area (Å²) >= 11 is 0. The Labute approximate surface area is 211 Å². The van der Waals surface area contributed by atoms with Gasteiger partial charge in [-0.3, -0.25) is 4.79 Å². The van der Waals surface area contributed by atoms with Gasteiger partial charge in [0.2, 0.25) is 12.7 Å². The van der Waals surface area contributed by atoms with E-state index in [0.29, 0.717) is 30.3 Å². The molecule has 36 heavy (non-hydrogen) atoms. The summed E-state index contributed by atoms with van der Waals surface area (Å²) in [7, 11) is 0. The second-order valence-electron chi connectivity index (χ2n) is 9.47. The van der Waals surface area contributed by atoms with Gasteiger partial charge >= 0.3 is 6.03 Å². The lowest BCUT2D eigenvalue weighted by atomic mass is 10.1. The van der Waals surface area contributed by atoms with Crippen LogP contribution in [-0.2, 0) is 17.9 Å². The van der Waals surface area contributed by atoms with E-state index in [9.17, 15) is 9.59 Å². The van der Waals surface area contributed by atoms with Gasteiger partial charge in [0.25, 0.3) is 0 Å². The highest BCUT2D eigenvalue weighted by Crippen LogP contribution is 2.33. The molecule has 0 saturated carbocycles. The van der Waals surface area contributed by atoms with Gasteiger partial charge in [0.15, 0.2) is 11.5 Å². The maximum atomic E-state index is 13.6. The fourth-order valence-corrected chi connectivity index (χ4v) is 4.08. The third kappa shape index (κ3) is 6.38. The summed E-state index contributed by atoms with van der Waals surface area (Å²) in [5, 5.41) is 2.96. The van der Waals surface area contributed by atoms with E-state index in [4.69, 9.17) is 13.9 Å². The molecule has 2 heterocycles. The van der Waals surface area contributed by atoms with Crippen molar-refractivity contribution in [2.45, 2.75) is 40.8 Å². The third-order valence-corrected chi connectivity index (χ3v) is 5.89. The standard InChI is InChI=1S/C28H33N3O5/c1-19(2)14-31(28(33)29-24-8-6-5-7-20(24)3)17-27(32)30(16-23-11-9-21(4)36-23)15-22-10-12-25-26(13-22)35-18-34-25/h5-13,19H,14-18H2,1-4H3,(H,29,33). The average Bonchev–Trinajstić information content (AvgIpc) is 3.47. The molecule has 1 aliphatic rings. The molecular formula is C28H33N3O5. The van der Waals surface area contributed by atoms with Crippen LogP contribution in [0.5, 0.6) is 11.5 Å². The second-order valence-corrected chi connectivity index (χ2v) is 9.47. The Bertz CT molecular complexity index is 1220. The normalized spacial score (nSPS) is 12.0. The number of furan rings is 1. The summed E-state index contributed by atoms with van der Waals surface area (Å²) in [6.45, 7) is 9.05. The van der Waals surface area contributed by atoms with E-state index in [-0.39, 0.29) is 37.7 Å². The maximum absolute atomic E-state index is 13.6. The topological polar surface area (TPSA) is 84.2 Å². The lowest BCUT2D eigenvalue weighted by Gasteiger charge is -2.29. The lowest BCUT2D eigenvalue weighted by Crippen LogP contribution is -2.45. The number of nitrogens with one attached hydrogen (secondary N) is 1. The fourth-order valence-electron chi connectivity index (χ4n) is 4.08. The Balaban J connectivity index is 1.53. The van der Waals surface area contributed by atoms with Crippen molar-refractivity contribution < 1.29 is 23.5 Å². The zero-order valence-corrected chi connectivity index (χ0v) is 21.2. The molecule has 0 radical (unpaired) electrons. The quantitative estimate of drug-likeness (QED) is 0.437. The third-order valence-electron chi connectivity index (χ3n) is 5.89. The predicted octanol–water partition coefficient (Wildman–Crippen LogP) is 5.34. The van der Waals surface area contributed by atoms with E-state index < -0.39 is 0 Å². The minimum atomic E-state index is -0.303. The van der Waals surface area contributed by atoms with Crippen molar-refractivity contribution in [3.05, 3.63) is 77.2 Å². The summed E-state index contributed by atoms with van der Waals surface area (Å²) in [6, 6.07) is 16.7. The molecule has 0 atom stereocenters. The highest BCUT2D eigenvalue weighted by molar-refractivity contribution is 5.93. The van der Waals surface area contributed by atoms with Crippen molar-refractivity contribution in [1.82, 2.24) is 9.80 Å². The first-order chi connectivity index (χ1) is 17.3. The van der Waals surface area contributed by atoms with E-state index >= 15 is 0 Å². The Morgan fingerprint density at radius 2 is 1.72 bits per heavy atom. The van der Waals surface area contributed by atoms with Crippen molar-refractivity contribution in [3.8, 4) is 11.5 Å². The number of urea groups is 1. The number of anilines is 1. The van der Waals surface area contributed by atoms with E-state index in [0.717, 1.165) is 22.6 Å². The van der Waals surface area contributed by atoms with Crippen molar-refractivity contribution in [2.24, 2.45) is 5.92 Å². The number of rotatable bonds is 9. The van der Waals surface area contributed by atoms with Crippen LogP contribution in [0, 0.1) is 19.8 Å². The Kier molecular flexibility index (Phi) is 7.83. The number of carbonyl (C=O) groups is 2. The average molecular weight is 492 g/mol. The van der Waals surface area contributed by atoms with Crippen LogP contribution >= 0.6 is 0 Å². The van der Waals surface area contributed by atoms with Crippen LogP contribution in [0.1, 0.15) is 36.5 Å². The monoisotopic (exact) mass is 491 g/mol. The molecule has 8 nitrogen and oxygen atoms in total. The summed E-state index contributed by atoms with van der Waals surface area (Å²) < 4.78 is 16.7. The largest absolute Gasteiger partial charge is 0.464 e. The van der Waals surface area contributed by atoms with E-state index in [1.54, 1.807) is 9.80 Å². The molecule has 0 aliphatic carbocycles. The van der Waals surface area contributed by atoms with Crippen molar-refractivity contribution >= 4 is 17.6 Å². The van der Waals surface area contributed by atoms with Gasteiger partial charge < -0.3 is 29.0 Å². The maximum Gasteiger partial charge on any atom is 0.322 e. The number of hydrogen-bond acceptors (Lipinski definition) is 5. The van der Waals surface area contributed by atoms with Crippen molar-refractivity contribution in [1.29, 1.82) is 0 Å². The van der Waals surface area contributed by atoms with Crippen LogP contribution in [0.3, 0.4) is 0 Å². The number of carbonyl (C=O) groups excluding carboxylic acids is 2. The number of hydrogen-bond donors (Lipinski definition) is 1. The molecule has 0 saturated heterocycles. The molecule has 1 N–H and O–H groups in total. The summed E-state index contributed by atoms with van der Waals surface area (Å²) in [5.41, 5.74) is 2.59. The number of fused-ring (bicyclic) bond motifs is 1. The molecule has 1 aliphatic heterocycles. The second kappa shape index (κ2) is 11.2. The van der Waals surface area contributed by atoms with Gasteiger partial charge in [-0.05, 0) is 61.2 Å². The molecule has 4 rings (SSSR count). The Morgan fingerprint density at radius 3 is 2.44 bits per heavy atom. The first kappa shape index (κ1) is 25.2. The summed E-state index contributed by atoms with van der Waals surface area (Å²) in [4.78, 5) is 30.1. The lowest BCUT2D eigenvalue weighted by molar-refractivity contribution is -0.133. The molecule has 3 aromatic rings. The molecule has 1 aromatic heterocycles. The fraction of sp³-hybridized carbons (Fsp3) is 0.357. The molecule has 190 valence electrons. The molecule has 0 spiro atoms. The van der Waals surface area contributed by atoms with Crippen LogP contribution < -0.4 is 14.8 Å². The van der Waals surface area contributed by atoms with Crippen LogP contribution in [-0.4, -0.2) is 41.6 Å². The van der Waals surface area contributed by atoms with Crippen LogP contribution in [0.4, 0.5) is 10.5 Å². The van der Waals surface area contributed by atoms with E-state index in [1.807, 2.05) is 82.3 Å². The van der Waals surface area contributed by atoms with Gasteiger partial charge in [0.05, 0.1) is 6.54 Å². The Hall–Kier alpha value is -3.94. The van der Waals surface area contributed by atoms with Gasteiger partial charge in [-0.15, -0.1) is 0 Å². The van der Waals surface area contributed by atoms with Crippen LogP contribution in [0.2, 0.25) is 0 Å². The predicted molar refractivity (Wildman–Crippen MR) is 137 cm³/mol. The highest BCUT2D eigenvalue weighted by atomic mass is 16.7. The van der Waals surface area contributed by atoms with Gasteiger partial charge in [-0.1, -0.05) is 38.1 Å². The first-order valence-corrected chi connectivity index (χ1v) is 12.1. The number of benzene rings is 2. The minimum Gasteiger partial charge on any atom is -0.464 e.